The monoisotopic (exact) mass is 367 g/mol. The van der Waals surface area contributed by atoms with Gasteiger partial charge in [-0.1, -0.05) is 18.2 Å². The Morgan fingerprint density at radius 3 is 2.44 bits per heavy atom. The van der Waals surface area contributed by atoms with E-state index in [4.69, 9.17) is 4.74 Å². The van der Waals surface area contributed by atoms with Crippen LogP contribution in [0.4, 0.5) is 5.69 Å². The Bertz CT molecular complexity index is 775. The van der Waals surface area contributed by atoms with Gasteiger partial charge < -0.3 is 19.9 Å². The van der Waals surface area contributed by atoms with Crippen LogP contribution in [0.25, 0.3) is 0 Å². The van der Waals surface area contributed by atoms with Gasteiger partial charge in [0.1, 0.15) is 17.4 Å². The number of anilines is 1. The zero-order valence-electron chi connectivity index (χ0n) is 15.7. The Hall–Kier alpha value is -2.86. The van der Waals surface area contributed by atoms with E-state index < -0.39 is 5.92 Å². The highest BCUT2D eigenvalue weighted by atomic mass is 16.5. The molecular weight excluding hydrogens is 342 g/mol. The molecule has 0 aliphatic carbocycles. The first-order valence-electron chi connectivity index (χ1n) is 9.11. The minimum Gasteiger partial charge on any atom is -0.457 e. The molecule has 2 amide bonds. The normalized spacial score (nSPS) is 16.6. The second kappa shape index (κ2) is 8.68. The highest BCUT2D eigenvalue weighted by Crippen LogP contribution is 2.28. The van der Waals surface area contributed by atoms with Gasteiger partial charge in [0.05, 0.1) is 0 Å². The summed E-state index contributed by atoms with van der Waals surface area (Å²) in [5, 5.41) is 2.85. The number of hydrogen-bond acceptors (Lipinski definition) is 4. The Balaban J connectivity index is 1.58. The molecule has 0 saturated carbocycles. The number of carbonyl (C=O) groups is 2. The summed E-state index contributed by atoms with van der Waals surface area (Å²) in [4.78, 5) is 28.6. The summed E-state index contributed by atoms with van der Waals surface area (Å²) in [6.45, 7) is 1.84. The summed E-state index contributed by atoms with van der Waals surface area (Å²) in [7, 11) is 3.89. The van der Waals surface area contributed by atoms with Gasteiger partial charge in [-0.05, 0) is 56.9 Å². The van der Waals surface area contributed by atoms with E-state index >= 15 is 0 Å². The standard InChI is InChI=1S/C21H25N3O3/c1-23(2)15-13-22-20(25)19-12-14-24(21(19)26)16-8-10-18(11-9-16)27-17-6-4-3-5-7-17/h3-11,19H,12-15H2,1-2H3,(H,22,25)/t19-/m1/s1. The molecule has 2 aromatic rings. The zero-order valence-corrected chi connectivity index (χ0v) is 15.7. The number of nitrogens with zero attached hydrogens (tertiary/aromatic N) is 2. The number of benzene rings is 2. The van der Waals surface area contributed by atoms with Crippen LogP contribution in [-0.2, 0) is 9.59 Å². The molecule has 1 aliphatic rings. The largest absolute Gasteiger partial charge is 0.457 e. The fraction of sp³-hybridized carbons (Fsp3) is 0.333. The van der Waals surface area contributed by atoms with Crippen LogP contribution in [0.1, 0.15) is 6.42 Å². The molecule has 0 radical (unpaired) electrons. The third-order valence-electron chi connectivity index (χ3n) is 4.51. The van der Waals surface area contributed by atoms with Crippen molar-refractivity contribution < 1.29 is 14.3 Å². The summed E-state index contributed by atoms with van der Waals surface area (Å²) in [5.74, 6) is 0.529. The highest BCUT2D eigenvalue weighted by molar-refractivity contribution is 6.09. The van der Waals surface area contributed by atoms with Crippen LogP contribution in [0, 0.1) is 5.92 Å². The number of hydrogen-bond donors (Lipinski definition) is 1. The first-order chi connectivity index (χ1) is 13.0. The van der Waals surface area contributed by atoms with Gasteiger partial charge in [-0.3, -0.25) is 9.59 Å². The number of amides is 2. The van der Waals surface area contributed by atoms with Crippen LogP contribution in [-0.4, -0.2) is 50.4 Å². The molecule has 6 heteroatoms. The van der Waals surface area contributed by atoms with Crippen molar-refractivity contribution in [3.63, 3.8) is 0 Å². The lowest BCUT2D eigenvalue weighted by atomic mass is 10.1. The van der Waals surface area contributed by atoms with E-state index in [1.165, 1.54) is 0 Å². The molecule has 1 N–H and O–H groups in total. The smallest absolute Gasteiger partial charge is 0.239 e. The molecule has 0 aromatic heterocycles. The van der Waals surface area contributed by atoms with Gasteiger partial charge in [0.25, 0.3) is 0 Å². The molecule has 1 saturated heterocycles. The molecule has 6 nitrogen and oxygen atoms in total. The molecule has 2 aromatic carbocycles. The first-order valence-corrected chi connectivity index (χ1v) is 9.11. The summed E-state index contributed by atoms with van der Waals surface area (Å²) in [5.41, 5.74) is 0.781. The predicted molar refractivity (Wildman–Crippen MR) is 105 cm³/mol. The van der Waals surface area contributed by atoms with Crippen LogP contribution >= 0.6 is 0 Å². The number of carbonyl (C=O) groups excluding carboxylic acids is 2. The fourth-order valence-electron chi connectivity index (χ4n) is 3.02. The summed E-state index contributed by atoms with van der Waals surface area (Å²) in [6.07, 6.45) is 0.537. The number of para-hydroxylation sites is 1. The molecule has 1 atom stereocenters. The third-order valence-corrected chi connectivity index (χ3v) is 4.51. The summed E-state index contributed by atoms with van der Waals surface area (Å²) < 4.78 is 5.77. The second-order valence-corrected chi connectivity index (χ2v) is 6.83. The van der Waals surface area contributed by atoms with Gasteiger partial charge in [0.15, 0.2) is 0 Å². The SMILES string of the molecule is CN(C)CCNC(=O)[C@H]1CCN(c2ccc(Oc3ccccc3)cc2)C1=O. The zero-order chi connectivity index (χ0) is 19.2. The maximum Gasteiger partial charge on any atom is 0.239 e. The highest BCUT2D eigenvalue weighted by Gasteiger charge is 2.37. The van der Waals surface area contributed by atoms with Crippen LogP contribution in [0.15, 0.2) is 54.6 Å². The van der Waals surface area contributed by atoms with Gasteiger partial charge in [-0.2, -0.15) is 0 Å². The Kier molecular flexibility index (Phi) is 6.08. The third kappa shape index (κ3) is 4.86. The molecule has 1 fully saturated rings. The molecule has 27 heavy (non-hydrogen) atoms. The molecule has 3 rings (SSSR count). The van der Waals surface area contributed by atoms with Crippen molar-refractivity contribution >= 4 is 17.5 Å². The minimum absolute atomic E-state index is 0.144. The maximum absolute atomic E-state index is 12.6. The van der Waals surface area contributed by atoms with Gasteiger partial charge >= 0.3 is 0 Å². The van der Waals surface area contributed by atoms with Crippen LogP contribution in [0.5, 0.6) is 11.5 Å². The van der Waals surface area contributed by atoms with E-state index in [0.717, 1.165) is 18.0 Å². The van der Waals surface area contributed by atoms with E-state index in [0.29, 0.717) is 25.3 Å². The quantitative estimate of drug-likeness (QED) is 0.764. The van der Waals surface area contributed by atoms with Crippen molar-refractivity contribution in [1.29, 1.82) is 0 Å². The number of nitrogens with one attached hydrogen (secondary N) is 1. The van der Waals surface area contributed by atoms with Gasteiger partial charge in [-0.15, -0.1) is 0 Å². The van der Waals surface area contributed by atoms with E-state index in [1.54, 1.807) is 4.90 Å². The Labute approximate surface area is 159 Å². The van der Waals surface area contributed by atoms with Gasteiger partial charge in [0.2, 0.25) is 11.8 Å². The Morgan fingerprint density at radius 1 is 1.11 bits per heavy atom. The van der Waals surface area contributed by atoms with Crippen molar-refractivity contribution in [2.24, 2.45) is 5.92 Å². The summed E-state index contributed by atoms with van der Waals surface area (Å²) >= 11 is 0. The summed E-state index contributed by atoms with van der Waals surface area (Å²) in [6, 6.07) is 16.9. The van der Waals surface area contributed by atoms with E-state index in [2.05, 4.69) is 5.32 Å². The first kappa shape index (κ1) is 18.9. The number of likely N-dealkylation sites (N-methyl/N-ethyl adjacent to an activating group) is 1. The lowest BCUT2D eigenvalue weighted by Crippen LogP contribution is -2.39. The van der Waals surface area contributed by atoms with Crippen molar-refractivity contribution in [3.8, 4) is 11.5 Å². The minimum atomic E-state index is -0.604. The molecule has 1 heterocycles. The van der Waals surface area contributed by atoms with E-state index in [1.807, 2.05) is 73.6 Å². The number of rotatable bonds is 7. The molecule has 142 valence electrons. The van der Waals surface area contributed by atoms with Crippen molar-refractivity contribution in [3.05, 3.63) is 54.6 Å². The lowest BCUT2D eigenvalue weighted by molar-refractivity contribution is -0.132. The topological polar surface area (TPSA) is 61.9 Å². The molecule has 0 unspecified atom stereocenters. The van der Waals surface area contributed by atoms with Crippen LogP contribution < -0.4 is 15.0 Å². The van der Waals surface area contributed by atoms with Crippen molar-refractivity contribution in [2.45, 2.75) is 6.42 Å². The lowest BCUT2D eigenvalue weighted by Gasteiger charge is -2.17. The fourth-order valence-corrected chi connectivity index (χ4v) is 3.02. The molecule has 1 aliphatic heterocycles. The van der Waals surface area contributed by atoms with Crippen molar-refractivity contribution in [1.82, 2.24) is 10.2 Å². The van der Waals surface area contributed by atoms with E-state index in [9.17, 15) is 9.59 Å². The molecule has 0 spiro atoms. The van der Waals surface area contributed by atoms with Crippen molar-refractivity contribution in [2.75, 3.05) is 38.6 Å². The van der Waals surface area contributed by atoms with Gasteiger partial charge in [-0.25, -0.2) is 0 Å². The van der Waals surface area contributed by atoms with Crippen LogP contribution in [0.3, 0.4) is 0 Å². The van der Waals surface area contributed by atoms with E-state index in [-0.39, 0.29) is 11.8 Å². The molecular formula is C21H25N3O3. The Morgan fingerprint density at radius 2 is 1.78 bits per heavy atom. The average Bonchev–Trinajstić information content (AvgIpc) is 3.04. The molecule has 0 bridgehead atoms. The van der Waals surface area contributed by atoms with Gasteiger partial charge in [0, 0.05) is 25.3 Å². The second-order valence-electron chi connectivity index (χ2n) is 6.83. The number of ether oxygens (including phenoxy) is 1. The van der Waals surface area contributed by atoms with Crippen LogP contribution in [0.2, 0.25) is 0 Å². The average molecular weight is 367 g/mol. The predicted octanol–water partition coefficient (Wildman–Crippen LogP) is 2.51. The maximum atomic E-state index is 12.6.